The highest BCUT2D eigenvalue weighted by Gasteiger charge is 2.32. The van der Waals surface area contributed by atoms with E-state index in [1.807, 2.05) is 42.2 Å². The monoisotopic (exact) mass is 313 g/mol. The van der Waals surface area contributed by atoms with Gasteiger partial charge in [-0.15, -0.1) is 0 Å². The van der Waals surface area contributed by atoms with Crippen LogP contribution < -0.4 is 5.32 Å². The summed E-state index contributed by atoms with van der Waals surface area (Å²) < 4.78 is 0. The fourth-order valence-corrected chi connectivity index (χ4v) is 2.76. The van der Waals surface area contributed by atoms with E-state index in [1.54, 1.807) is 0 Å². The highest BCUT2D eigenvalue weighted by molar-refractivity contribution is 5.99. The van der Waals surface area contributed by atoms with Crippen LogP contribution in [0.2, 0.25) is 0 Å². The largest absolute Gasteiger partial charge is 0.396 e. The molecule has 5 heteroatoms. The van der Waals surface area contributed by atoms with E-state index < -0.39 is 0 Å². The predicted octanol–water partition coefficient (Wildman–Crippen LogP) is 3.31. The van der Waals surface area contributed by atoms with Crippen LogP contribution >= 0.6 is 0 Å². The minimum absolute atomic E-state index is 0.0683. The zero-order valence-electron chi connectivity index (χ0n) is 13.5. The molecule has 2 aromatic rings. The molecule has 1 saturated carbocycles. The van der Waals surface area contributed by atoms with Crippen LogP contribution in [-0.4, -0.2) is 40.2 Å². The molecule has 0 bridgehead atoms. The molecule has 0 aliphatic heterocycles. The lowest BCUT2D eigenvalue weighted by Crippen LogP contribution is -2.37. The van der Waals surface area contributed by atoms with Crippen molar-refractivity contribution in [3.05, 3.63) is 36.0 Å². The van der Waals surface area contributed by atoms with Crippen LogP contribution in [-0.2, 0) is 0 Å². The molecule has 2 amide bonds. The molecular formula is C18H23N3O2. The molecule has 0 radical (unpaired) electrons. The Morgan fingerprint density at radius 1 is 1.30 bits per heavy atom. The van der Waals surface area contributed by atoms with Gasteiger partial charge in [0.1, 0.15) is 0 Å². The average molecular weight is 313 g/mol. The van der Waals surface area contributed by atoms with Crippen molar-refractivity contribution in [3.8, 4) is 0 Å². The standard InChI is InChI=1S/C18H23N3O2/c1-13-7-8-14-5-4-6-16(17(14)19-13)20-18(23)21(15-9-10-15)11-2-3-12-22/h4-8,15,22H,2-3,9-12H2,1H3,(H,20,23). The van der Waals surface area contributed by atoms with Crippen molar-refractivity contribution in [2.75, 3.05) is 18.5 Å². The van der Waals surface area contributed by atoms with E-state index >= 15 is 0 Å². The van der Waals surface area contributed by atoms with Crippen LogP contribution in [0, 0.1) is 6.92 Å². The van der Waals surface area contributed by atoms with E-state index in [1.165, 1.54) is 0 Å². The molecule has 5 nitrogen and oxygen atoms in total. The summed E-state index contributed by atoms with van der Waals surface area (Å²) >= 11 is 0. The third kappa shape index (κ3) is 3.79. The van der Waals surface area contributed by atoms with Crippen molar-refractivity contribution in [1.29, 1.82) is 0 Å². The summed E-state index contributed by atoms with van der Waals surface area (Å²) in [5.41, 5.74) is 2.51. The fraction of sp³-hybridized carbons (Fsp3) is 0.444. The number of aliphatic hydroxyl groups excluding tert-OH is 1. The Bertz CT molecular complexity index is 698. The van der Waals surface area contributed by atoms with Gasteiger partial charge in [0.25, 0.3) is 0 Å². The molecule has 1 fully saturated rings. The zero-order valence-corrected chi connectivity index (χ0v) is 13.5. The van der Waals surface area contributed by atoms with Gasteiger partial charge in [0, 0.05) is 30.3 Å². The first-order valence-corrected chi connectivity index (χ1v) is 8.24. The van der Waals surface area contributed by atoms with E-state index in [9.17, 15) is 4.79 Å². The second-order valence-corrected chi connectivity index (χ2v) is 6.12. The number of anilines is 1. The van der Waals surface area contributed by atoms with Gasteiger partial charge < -0.3 is 15.3 Å². The molecule has 1 aromatic heterocycles. The predicted molar refractivity (Wildman–Crippen MR) is 91.5 cm³/mol. The van der Waals surface area contributed by atoms with Crippen LogP contribution in [0.4, 0.5) is 10.5 Å². The van der Waals surface area contributed by atoms with Crippen molar-refractivity contribution < 1.29 is 9.90 Å². The summed E-state index contributed by atoms with van der Waals surface area (Å²) in [6.07, 6.45) is 3.69. The van der Waals surface area contributed by atoms with E-state index in [4.69, 9.17) is 5.11 Å². The number of aryl methyl sites for hydroxylation is 1. The molecule has 1 aliphatic rings. The first kappa shape index (κ1) is 15.7. The third-order valence-corrected chi connectivity index (χ3v) is 4.16. The van der Waals surface area contributed by atoms with Gasteiger partial charge in [0.2, 0.25) is 0 Å². The van der Waals surface area contributed by atoms with Crippen molar-refractivity contribution in [3.63, 3.8) is 0 Å². The number of aromatic nitrogens is 1. The number of hydrogen-bond acceptors (Lipinski definition) is 3. The van der Waals surface area contributed by atoms with Crippen LogP contribution in [0.1, 0.15) is 31.4 Å². The molecule has 0 unspecified atom stereocenters. The van der Waals surface area contributed by atoms with Gasteiger partial charge in [-0.25, -0.2) is 4.79 Å². The lowest BCUT2D eigenvalue weighted by atomic mass is 10.2. The Labute approximate surface area is 136 Å². The van der Waals surface area contributed by atoms with Crippen molar-refractivity contribution in [2.24, 2.45) is 0 Å². The van der Waals surface area contributed by atoms with Gasteiger partial charge in [-0.05, 0) is 44.7 Å². The highest BCUT2D eigenvalue weighted by Crippen LogP contribution is 2.29. The smallest absolute Gasteiger partial charge is 0.322 e. The minimum Gasteiger partial charge on any atom is -0.396 e. The first-order chi connectivity index (χ1) is 11.2. The molecule has 3 rings (SSSR count). The van der Waals surface area contributed by atoms with Crippen LogP contribution in [0.5, 0.6) is 0 Å². The number of pyridine rings is 1. The van der Waals surface area contributed by atoms with Gasteiger partial charge >= 0.3 is 6.03 Å². The maximum absolute atomic E-state index is 12.6. The number of nitrogens with one attached hydrogen (secondary N) is 1. The highest BCUT2D eigenvalue weighted by atomic mass is 16.3. The SMILES string of the molecule is Cc1ccc2cccc(NC(=O)N(CCCCO)C3CC3)c2n1. The van der Waals surface area contributed by atoms with E-state index in [2.05, 4.69) is 10.3 Å². The maximum atomic E-state index is 12.6. The number of hydrogen-bond donors (Lipinski definition) is 2. The topological polar surface area (TPSA) is 65.5 Å². The number of urea groups is 1. The quantitative estimate of drug-likeness (QED) is 0.804. The Morgan fingerprint density at radius 2 is 2.13 bits per heavy atom. The molecule has 23 heavy (non-hydrogen) atoms. The summed E-state index contributed by atoms with van der Waals surface area (Å²) in [7, 11) is 0. The van der Waals surface area contributed by atoms with Crippen molar-refractivity contribution in [2.45, 2.75) is 38.6 Å². The lowest BCUT2D eigenvalue weighted by molar-refractivity contribution is 0.204. The number of aliphatic hydroxyl groups is 1. The summed E-state index contributed by atoms with van der Waals surface area (Å²) in [6.45, 7) is 2.81. The summed E-state index contributed by atoms with van der Waals surface area (Å²) in [6, 6.07) is 10.1. The average Bonchev–Trinajstić information content (AvgIpc) is 3.37. The molecule has 0 saturated heterocycles. The normalized spacial score (nSPS) is 14.0. The molecule has 0 spiro atoms. The molecule has 1 aromatic carbocycles. The number of unbranched alkanes of at least 4 members (excludes halogenated alkanes) is 1. The molecule has 122 valence electrons. The summed E-state index contributed by atoms with van der Waals surface area (Å²) in [5.74, 6) is 0. The molecular weight excluding hydrogens is 290 g/mol. The maximum Gasteiger partial charge on any atom is 0.322 e. The minimum atomic E-state index is -0.0683. The lowest BCUT2D eigenvalue weighted by Gasteiger charge is -2.23. The summed E-state index contributed by atoms with van der Waals surface area (Å²) in [5, 5.41) is 13.0. The second-order valence-electron chi connectivity index (χ2n) is 6.12. The number of para-hydroxylation sites is 1. The number of nitrogens with zero attached hydrogens (tertiary/aromatic N) is 2. The number of fused-ring (bicyclic) bond motifs is 1. The first-order valence-electron chi connectivity index (χ1n) is 8.24. The van der Waals surface area contributed by atoms with Crippen LogP contribution in [0.15, 0.2) is 30.3 Å². The number of benzene rings is 1. The molecule has 2 N–H and O–H groups in total. The van der Waals surface area contributed by atoms with Gasteiger partial charge in [-0.2, -0.15) is 0 Å². The second kappa shape index (κ2) is 6.96. The molecule has 1 heterocycles. The van der Waals surface area contributed by atoms with Gasteiger partial charge in [0.15, 0.2) is 0 Å². The number of amides is 2. The van der Waals surface area contributed by atoms with Gasteiger partial charge in [-0.3, -0.25) is 4.98 Å². The number of carbonyl (C=O) groups is 1. The van der Waals surface area contributed by atoms with Gasteiger partial charge in [0.05, 0.1) is 11.2 Å². The van der Waals surface area contributed by atoms with E-state index in [0.29, 0.717) is 12.6 Å². The van der Waals surface area contributed by atoms with Crippen molar-refractivity contribution >= 4 is 22.6 Å². The zero-order chi connectivity index (χ0) is 16.2. The van der Waals surface area contributed by atoms with Gasteiger partial charge in [-0.1, -0.05) is 18.2 Å². The Balaban J connectivity index is 1.77. The van der Waals surface area contributed by atoms with Crippen LogP contribution in [0.3, 0.4) is 0 Å². The fourth-order valence-electron chi connectivity index (χ4n) is 2.76. The molecule has 0 atom stereocenters. The van der Waals surface area contributed by atoms with E-state index in [0.717, 1.165) is 48.0 Å². The Kier molecular flexibility index (Phi) is 4.76. The Hall–Kier alpha value is -2.14. The van der Waals surface area contributed by atoms with Crippen LogP contribution in [0.25, 0.3) is 10.9 Å². The third-order valence-electron chi connectivity index (χ3n) is 4.16. The number of rotatable bonds is 6. The summed E-state index contributed by atoms with van der Waals surface area (Å²) in [4.78, 5) is 19.1. The van der Waals surface area contributed by atoms with Crippen molar-refractivity contribution in [1.82, 2.24) is 9.88 Å². The molecule has 1 aliphatic carbocycles. The Morgan fingerprint density at radius 3 is 2.87 bits per heavy atom. The van der Waals surface area contributed by atoms with E-state index in [-0.39, 0.29) is 12.6 Å². The number of carbonyl (C=O) groups excluding carboxylic acids is 1.